The van der Waals surface area contributed by atoms with Gasteiger partial charge in [-0.25, -0.2) is 0 Å². The van der Waals surface area contributed by atoms with Gasteiger partial charge in [-0.15, -0.1) is 0 Å². The number of aliphatic hydroxyl groups is 1. The zero-order valence-electron chi connectivity index (χ0n) is 11.3. The Labute approximate surface area is 110 Å². The lowest BCUT2D eigenvalue weighted by molar-refractivity contribution is -0.0224. The summed E-state index contributed by atoms with van der Waals surface area (Å²) in [6.45, 7) is 0. The minimum Gasteiger partial charge on any atom is -0.391 e. The van der Waals surface area contributed by atoms with E-state index < -0.39 is 0 Å². The molecule has 3 aliphatic carbocycles. The van der Waals surface area contributed by atoms with Crippen LogP contribution in [0.25, 0.3) is 0 Å². The predicted octanol–water partition coefficient (Wildman–Crippen LogP) is 3.65. The van der Waals surface area contributed by atoms with Gasteiger partial charge in [0.25, 0.3) is 0 Å². The molecule has 0 aliphatic heterocycles. The lowest BCUT2D eigenvalue weighted by Gasteiger charge is -2.39. The summed E-state index contributed by atoms with van der Waals surface area (Å²) < 4.78 is 0. The zero-order valence-corrected chi connectivity index (χ0v) is 11.3. The molecule has 0 aromatic carbocycles. The fourth-order valence-corrected chi connectivity index (χ4v) is 4.99. The van der Waals surface area contributed by atoms with Crippen LogP contribution in [0.5, 0.6) is 0 Å². The summed E-state index contributed by atoms with van der Waals surface area (Å²) in [7, 11) is 0. The second-order valence-electron chi connectivity index (χ2n) is 6.93. The van der Waals surface area contributed by atoms with Gasteiger partial charge in [0.2, 0.25) is 0 Å². The molecule has 3 saturated carbocycles. The van der Waals surface area contributed by atoms with Crippen molar-refractivity contribution in [3.8, 4) is 6.07 Å². The van der Waals surface area contributed by atoms with E-state index >= 15 is 0 Å². The molecule has 0 spiro atoms. The molecule has 0 amide bonds. The van der Waals surface area contributed by atoms with Crippen LogP contribution in [0.3, 0.4) is 0 Å². The van der Waals surface area contributed by atoms with E-state index in [-0.39, 0.29) is 11.5 Å². The molecule has 1 N–H and O–H groups in total. The third-order valence-corrected chi connectivity index (χ3v) is 5.98. The first-order valence-corrected chi connectivity index (χ1v) is 7.85. The van der Waals surface area contributed by atoms with E-state index in [4.69, 9.17) is 0 Å². The topological polar surface area (TPSA) is 44.0 Å². The highest BCUT2D eigenvalue weighted by molar-refractivity contribution is 5.15. The molecular weight excluding hydrogens is 222 g/mol. The van der Waals surface area contributed by atoms with E-state index in [1.54, 1.807) is 0 Å². The average Bonchev–Trinajstić information content (AvgIpc) is 2.89. The first-order chi connectivity index (χ1) is 8.76. The van der Waals surface area contributed by atoms with E-state index in [1.165, 1.54) is 44.9 Å². The molecular formula is C16H25NO. The summed E-state index contributed by atoms with van der Waals surface area (Å²) in [6, 6.07) is 2.58. The zero-order chi connectivity index (χ0) is 12.6. The molecule has 3 fully saturated rings. The van der Waals surface area contributed by atoms with Gasteiger partial charge in [0, 0.05) is 0 Å². The van der Waals surface area contributed by atoms with Gasteiger partial charge < -0.3 is 5.11 Å². The van der Waals surface area contributed by atoms with Gasteiger partial charge in [-0.3, -0.25) is 0 Å². The number of hydrogen-bond donors (Lipinski definition) is 1. The molecule has 0 heterocycles. The highest BCUT2D eigenvalue weighted by Crippen LogP contribution is 2.58. The van der Waals surface area contributed by atoms with Gasteiger partial charge in [0.1, 0.15) is 0 Å². The summed E-state index contributed by atoms with van der Waals surface area (Å²) in [5, 5.41) is 20.5. The summed E-state index contributed by atoms with van der Waals surface area (Å²) >= 11 is 0. The molecule has 2 nitrogen and oxygen atoms in total. The summed E-state index contributed by atoms with van der Waals surface area (Å²) in [5.41, 5.74) is -0.377. The Morgan fingerprint density at radius 3 is 2.28 bits per heavy atom. The summed E-state index contributed by atoms with van der Waals surface area (Å²) in [6.07, 6.45) is 11.7. The third kappa shape index (κ3) is 1.88. The number of fused-ring (bicyclic) bond motifs is 2. The standard InChI is InChI=1S/C16H25NO/c17-11-16(10-12-7-8-14(16)9-12)15(18)13-5-3-1-2-4-6-13/h12-15,18H,1-10H2. The van der Waals surface area contributed by atoms with Crippen molar-refractivity contribution in [2.45, 2.75) is 70.3 Å². The number of nitrogens with zero attached hydrogens (tertiary/aromatic N) is 1. The molecule has 2 bridgehead atoms. The molecule has 18 heavy (non-hydrogen) atoms. The molecule has 3 aliphatic rings. The molecule has 0 aromatic heterocycles. The largest absolute Gasteiger partial charge is 0.391 e. The van der Waals surface area contributed by atoms with Crippen LogP contribution < -0.4 is 0 Å². The van der Waals surface area contributed by atoms with Gasteiger partial charge in [-0.05, 0) is 49.9 Å². The minimum absolute atomic E-state index is 0.351. The van der Waals surface area contributed by atoms with Crippen molar-refractivity contribution in [2.24, 2.45) is 23.2 Å². The number of rotatable bonds is 2. The summed E-state index contributed by atoms with van der Waals surface area (Å²) in [5.74, 6) is 1.62. The van der Waals surface area contributed by atoms with Crippen LogP contribution in [-0.4, -0.2) is 11.2 Å². The number of hydrogen-bond acceptors (Lipinski definition) is 2. The van der Waals surface area contributed by atoms with E-state index in [2.05, 4.69) is 6.07 Å². The van der Waals surface area contributed by atoms with Crippen LogP contribution in [0.4, 0.5) is 0 Å². The smallest absolute Gasteiger partial charge is 0.0865 e. The lowest BCUT2D eigenvalue weighted by Crippen LogP contribution is -2.43. The molecule has 4 atom stereocenters. The minimum atomic E-state index is -0.377. The van der Waals surface area contributed by atoms with Gasteiger partial charge in [0.05, 0.1) is 17.6 Å². The Hall–Kier alpha value is -0.550. The highest BCUT2D eigenvalue weighted by atomic mass is 16.3. The fraction of sp³-hybridized carbons (Fsp3) is 0.938. The normalized spacial score (nSPS) is 42.4. The van der Waals surface area contributed by atoms with Crippen molar-refractivity contribution >= 4 is 0 Å². The molecule has 0 radical (unpaired) electrons. The Balaban J connectivity index is 1.77. The Bertz CT molecular complexity index is 339. The van der Waals surface area contributed by atoms with Gasteiger partial charge >= 0.3 is 0 Å². The van der Waals surface area contributed by atoms with E-state index in [9.17, 15) is 10.4 Å². The second kappa shape index (κ2) is 4.85. The van der Waals surface area contributed by atoms with E-state index in [0.717, 1.165) is 25.2 Å². The van der Waals surface area contributed by atoms with Gasteiger partial charge in [-0.2, -0.15) is 5.26 Å². The van der Waals surface area contributed by atoms with Crippen LogP contribution in [0.2, 0.25) is 0 Å². The second-order valence-corrected chi connectivity index (χ2v) is 6.93. The fourth-order valence-electron chi connectivity index (χ4n) is 4.99. The SMILES string of the molecule is N#CC1(C(O)C2CCCCCC2)CC2CCC1C2. The summed E-state index contributed by atoms with van der Waals surface area (Å²) in [4.78, 5) is 0. The molecule has 2 heteroatoms. The third-order valence-electron chi connectivity index (χ3n) is 5.98. The first-order valence-electron chi connectivity index (χ1n) is 7.85. The number of aliphatic hydroxyl groups excluding tert-OH is 1. The van der Waals surface area contributed by atoms with Crippen molar-refractivity contribution in [1.82, 2.24) is 0 Å². The molecule has 100 valence electrons. The van der Waals surface area contributed by atoms with E-state index in [1.807, 2.05) is 0 Å². The quantitative estimate of drug-likeness (QED) is 0.757. The Kier molecular flexibility index (Phi) is 3.36. The van der Waals surface area contributed by atoms with Crippen LogP contribution in [0, 0.1) is 34.5 Å². The monoisotopic (exact) mass is 247 g/mol. The maximum atomic E-state index is 10.8. The van der Waals surface area contributed by atoms with Crippen molar-refractivity contribution < 1.29 is 5.11 Å². The Morgan fingerprint density at radius 1 is 1.06 bits per heavy atom. The maximum Gasteiger partial charge on any atom is 0.0865 e. The van der Waals surface area contributed by atoms with Crippen molar-refractivity contribution in [3.63, 3.8) is 0 Å². The molecule has 3 rings (SSSR count). The predicted molar refractivity (Wildman–Crippen MR) is 70.7 cm³/mol. The van der Waals surface area contributed by atoms with Crippen LogP contribution in [0.1, 0.15) is 64.2 Å². The Morgan fingerprint density at radius 2 is 1.78 bits per heavy atom. The first kappa shape index (κ1) is 12.5. The van der Waals surface area contributed by atoms with Crippen molar-refractivity contribution in [3.05, 3.63) is 0 Å². The van der Waals surface area contributed by atoms with Gasteiger partial charge in [-0.1, -0.05) is 32.1 Å². The molecule has 0 aromatic rings. The van der Waals surface area contributed by atoms with Crippen LogP contribution in [-0.2, 0) is 0 Å². The maximum absolute atomic E-state index is 10.8. The number of nitriles is 1. The average molecular weight is 247 g/mol. The van der Waals surface area contributed by atoms with Crippen molar-refractivity contribution in [2.75, 3.05) is 0 Å². The molecule has 0 saturated heterocycles. The van der Waals surface area contributed by atoms with Crippen LogP contribution in [0.15, 0.2) is 0 Å². The molecule has 4 unspecified atom stereocenters. The van der Waals surface area contributed by atoms with Gasteiger partial charge in [0.15, 0.2) is 0 Å². The van der Waals surface area contributed by atoms with Crippen molar-refractivity contribution in [1.29, 1.82) is 5.26 Å². The van der Waals surface area contributed by atoms with Crippen LogP contribution >= 0.6 is 0 Å². The highest BCUT2D eigenvalue weighted by Gasteiger charge is 2.56. The lowest BCUT2D eigenvalue weighted by atomic mass is 9.66. The van der Waals surface area contributed by atoms with E-state index in [0.29, 0.717) is 11.8 Å².